The number of carbonyl (C=O) groups excluding carboxylic acids is 2. The van der Waals surface area contributed by atoms with E-state index in [1.54, 1.807) is 24.7 Å². The van der Waals surface area contributed by atoms with Gasteiger partial charge in [0, 0.05) is 28.9 Å². The van der Waals surface area contributed by atoms with Crippen molar-refractivity contribution in [3.8, 4) is 0 Å². The van der Waals surface area contributed by atoms with E-state index < -0.39 is 17.1 Å². The first-order valence-electron chi connectivity index (χ1n) is 12.7. The average Bonchev–Trinajstić information content (AvgIpc) is 3.49. The Morgan fingerprint density at radius 2 is 2.03 bits per heavy atom. The fourth-order valence-electron chi connectivity index (χ4n) is 8.14. The zero-order valence-corrected chi connectivity index (χ0v) is 22.0. The lowest BCUT2D eigenvalue weighted by Gasteiger charge is -2.58. The highest BCUT2D eigenvalue weighted by Gasteiger charge is 2.76. The molecular formula is C28H37NO5S. The van der Waals surface area contributed by atoms with Gasteiger partial charge < -0.3 is 9.52 Å². The van der Waals surface area contributed by atoms with E-state index in [-0.39, 0.29) is 40.0 Å². The number of fused-ring (bicyclic) bond motifs is 3. The van der Waals surface area contributed by atoms with Gasteiger partial charge in [-0.05, 0) is 55.2 Å². The van der Waals surface area contributed by atoms with E-state index in [0.717, 1.165) is 30.4 Å². The molecule has 35 heavy (non-hydrogen) atoms. The summed E-state index contributed by atoms with van der Waals surface area (Å²) in [6, 6.07) is 1.91. The van der Waals surface area contributed by atoms with Crippen LogP contribution in [0.2, 0.25) is 0 Å². The molecule has 1 N–H and O–H groups in total. The Morgan fingerprint density at radius 1 is 1.26 bits per heavy atom. The number of aliphatic hydroxyl groups is 1. The van der Waals surface area contributed by atoms with Crippen LogP contribution in [0.15, 0.2) is 46.8 Å². The van der Waals surface area contributed by atoms with Crippen molar-refractivity contribution in [2.24, 2.45) is 28.1 Å². The Bertz CT molecular complexity index is 1080. The smallest absolute Gasteiger partial charge is 0.178 e. The average molecular weight is 500 g/mol. The van der Waals surface area contributed by atoms with Crippen molar-refractivity contribution < 1.29 is 24.0 Å². The number of hydrogen-bond donors (Lipinski definition) is 2. The topological polar surface area (TPSA) is 80.0 Å². The van der Waals surface area contributed by atoms with Gasteiger partial charge in [0.1, 0.15) is 0 Å². The summed E-state index contributed by atoms with van der Waals surface area (Å²) in [6.07, 6.45) is 11.0. The van der Waals surface area contributed by atoms with E-state index in [1.165, 1.54) is 0 Å². The molecular weight excluding hydrogens is 462 g/mol. The van der Waals surface area contributed by atoms with Gasteiger partial charge in [0.15, 0.2) is 17.2 Å². The van der Waals surface area contributed by atoms with Crippen molar-refractivity contribution in [3.05, 3.63) is 48.0 Å². The van der Waals surface area contributed by atoms with E-state index in [1.807, 2.05) is 17.2 Å². The molecule has 3 aliphatic carbocycles. The summed E-state index contributed by atoms with van der Waals surface area (Å²) in [6.45, 7) is 9.85. The fourth-order valence-corrected chi connectivity index (χ4v) is 8.37. The maximum absolute atomic E-state index is 13.7. The first kappa shape index (κ1) is 25.0. The number of nitrogens with zero attached hydrogens (tertiary/aromatic N) is 1. The predicted molar refractivity (Wildman–Crippen MR) is 135 cm³/mol. The zero-order valence-electron chi connectivity index (χ0n) is 21.1. The molecule has 190 valence electrons. The van der Waals surface area contributed by atoms with Gasteiger partial charge in [-0.3, -0.25) is 14.4 Å². The molecule has 4 aliphatic rings. The number of hydrogen-bond acceptors (Lipinski definition) is 7. The first-order valence-corrected chi connectivity index (χ1v) is 13.4. The Balaban J connectivity index is 1.50. The number of ketones is 2. The van der Waals surface area contributed by atoms with Gasteiger partial charge in [-0.1, -0.05) is 39.3 Å². The van der Waals surface area contributed by atoms with Crippen LogP contribution < -0.4 is 0 Å². The molecule has 6 nitrogen and oxygen atoms in total. The second-order valence-corrected chi connectivity index (χ2v) is 12.1. The van der Waals surface area contributed by atoms with Crippen LogP contribution in [0.5, 0.6) is 0 Å². The van der Waals surface area contributed by atoms with Crippen molar-refractivity contribution in [2.45, 2.75) is 71.6 Å². The van der Waals surface area contributed by atoms with Gasteiger partial charge in [0.05, 0.1) is 30.9 Å². The summed E-state index contributed by atoms with van der Waals surface area (Å²) in [5.41, 5.74) is -0.0877. The molecule has 2 heterocycles. The number of carbonyl (C=O) groups is 2. The van der Waals surface area contributed by atoms with Crippen LogP contribution in [-0.4, -0.2) is 45.7 Å². The highest BCUT2D eigenvalue weighted by Crippen LogP contribution is 2.72. The lowest BCUT2D eigenvalue weighted by Crippen LogP contribution is -2.62. The highest BCUT2D eigenvalue weighted by molar-refractivity contribution is 7.81. The molecule has 2 saturated carbocycles. The highest BCUT2D eigenvalue weighted by atomic mass is 32.1. The maximum atomic E-state index is 13.7. The second kappa shape index (κ2) is 8.44. The largest absolute Gasteiger partial charge is 0.472 e. The van der Waals surface area contributed by atoms with Crippen LogP contribution >= 0.6 is 12.6 Å². The van der Waals surface area contributed by atoms with Crippen LogP contribution in [-0.2, 0) is 21.0 Å². The molecule has 1 aromatic rings. The third kappa shape index (κ3) is 3.41. The van der Waals surface area contributed by atoms with Gasteiger partial charge in [-0.15, -0.1) is 0 Å². The van der Waals surface area contributed by atoms with E-state index in [9.17, 15) is 14.7 Å². The molecule has 7 atom stereocenters. The van der Waals surface area contributed by atoms with E-state index in [4.69, 9.17) is 9.25 Å². The summed E-state index contributed by atoms with van der Waals surface area (Å²) < 4.78 is 5.23. The molecule has 1 saturated heterocycles. The number of allylic oxidation sites excluding steroid dienone is 4. The van der Waals surface area contributed by atoms with E-state index in [0.29, 0.717) is 19.5 Å². The number of hydroxylamine groups is 2. The Hall–Kier alpha value is -1.67. The molecule has 1 aliphatic heterocycles. The molecule has 0 radical (unpaired) electrons. The van der Waals surface area contributed by atoms with Crippen LogP contribution in [0, 0.1) is 28.1 Å². The maximum Gasteiger partial charge on any atom is 0.178 e. The zero-order chi connectivity index (χ0) is 25.2. The quantitative estimate of drug-likeness (QED) is 0.559. The number of thiol groups is 1. The van der Waals surface area contributed by atoms with Crippen LogP contribution in [0.4, 0.5) is 0 Å². The second-order valence-electron chi connectivity index (χ2n) is 11.8. The van der Waals surface area contributed by atoms with Crippen molar-refractivity contribution in [1.82, 2.24) is 5.06 Å². The molecule has 7 heteroatoms. The van der Waals surface area contributed by atoms with Gasteiger partial charge in [-0.25, -0.2) is 0 Å². The summed E-state index contributed by atoms with van der Waals surface area (Å²) in [5.74, 6) is 0.0982. The molecule has 1 aromatic heterocycles. The van der Waals surface area contributed by atoms with Crippen LogP contribution in [0.3, 0.4) is 0 Å². The normalized spacial score (nSPS) is 43.2. The number of aliphatic hydroxyl groups excluding tert-OH is 1. The van der Waals surface area contributed by atoms with Gasteiger partial charge in [-0.2, -0.15) is 17.7 Å². The van der Waals surface area contributed by atoms with Crippen molar-refractivity contribution >= 4 is 24.2 Å². The van der Waals surface area contributed by atoms with Gasteiger partial charge >= 0.3 is 0 Å². The number of Topliss-reactive ketones (excluding diaryl/α,β-unsaturated/α-hetero) is 1. The van der Waals surface area contributed by atoms with Crippen molar-refractivity contribution in [3.63, 3.8) is 0 Å². The minimum atomic E-state index is -1.01. The monoisotopic (exact) mass is 499 g/mol. The fraction of sp³-hybridized carbons (Fsp3) is 0.643. The number of furan rings is 1. The summed E-state index contributed by atoms with van der Waals surface area (Å²) in [5, 5.41) is 13.6. The predicted octanol–water partition coefficient (Wildman–Crippen LogP) is 4.55. The van der Waals surface area contributed by atoms with Crippen molar-refractivity contribution in [1.29, 1.82) is 0 Å². The summed E-state index contributed by atoms with van der Waals surface area (Å²) in [7, 11) is 0. The minimum absolute atomic E-state index is 0.000848. The third-order valence-electron chi connectivity index (χ3n) is 10.1. The molecule has 7 unspecified atom stereocenters. The first-order chi connectivity index (χ1) is 16.5. The Morgan fingerprint density at radius 3 is 2.69 bits per heavy atom. The molecule has 0 spiro atoms. The lowest BCUT2D eigenvalue weighted by atomic mass is 9.48. The van der Waals surface area contributed by atoms with Gasteiger partial charge in [0.2, 0.25) is 0 Å². The van der Waals surface area contributed by atoms with E-state index in [2.05, 4.69) is 40.3 Å². The molecule has 0 amide bonds. The van der Waals surface area contributed by atoms with Crippen molar-refractivity contribution in [2.75, 3.05) is 12.3 Å². The molecule has 0 aromatic carbocycles. The molecule has 3 fully saturated rings. The third-order valence-corrected chi connectivity index (χ3v) is 10.4. The van der Waals surface area contributed by atoms with Gasteiger partial charge in [0.25, 0.3) is 0 Å². The lowest BCUT2D eigenvalue weighted by molar-refractivity contribution is -0.256. The number of rotatable bonds is 6. The van der Waals surface area contributed by atoms with E-state index >= 15 is 0 Å². The Kier molecular flexibility index (Phi) is 6.03. The van der Waals surface area contributed by atoms with Crippen LogP contribution in [0.25, 0.3) is 0 Å². The summed E-state index contributed by atoms with van der Waals surface area (Å²) in [4.78, 5) is 32.4. The molecule has 5 rings (SSSR count). The molecule has 0 bridgehead atoms. The minimum Gasteiger partial charge on any atom is -0.472 e. The Labute approximate surface area is 213 Å². The standard InChI is InChI=1S/C28H37NO5S/c1-5-19-10-21(30)6-8-26(19,3)22-12-25(2)11-20-15-29(14-18-7-9-33-16-18)34-28(20,24(32)17-35)27(25,4)13-23(22)31/h6-10,16,20,22-23,31,35H,5,11-15,17H2,1-4H3. The SMILES string of the molecule is CCC1=CC(=O)C=CC1(C)C1CC2(C)CC3CN(Cc4ccoc4)OC3(C(=O)CS)C2(C)CC1O. The van der Waals surface area contributed by atoms with Crippen LogP contribution in [0.1, 0.15) is 58.9 Å². The summed E-state index contributed by atoms with van der Waals surface area (Å²) >= 11 is 4.40.